The summed E-state index contributed by atoms with van der Waals surface area (Å²) < 4.78 is 13.1. The minimum Gasteiger partial charge on any atom is -0.368 e. The second kappa shape index (κ2) is 7.73. The van der Waals surface area contributed by atoms with Crippen molar-refractivity contribution in [2.45, 2.75) is 58.0 Å². The van der Waals surface area contributed by atoms with Crippen LogP contribution in [0.2, 0.25) is 0 Å². The molecule has 0 bridgehead atoms. The zero-order chi connectivity index (χ0) is 16.1. The molecule has 1 saturated carbocycles. The number of benzene rings is 1. The number of carbonyl (C=O) groups excluding carboxylic acids is 1. The van der Waals surface area contributed by atoms with E-state index in [4.69, 9.17) is 5.73 Å². The maximum absolute atomic E-state index is 13.1. The molecule has 1 aliphatic rings. The van der Waals surface area contributed by atoms with Gasteiger partial charge in [0.05, 0.1) is 0 Å². The molecule has 0 heterocycles. The number of amides is 1. The first-order valence-corrected chi connectivity index (χ1v) is 8.28. The van der Waals surface area contributed by atoms with Crippen molar-refractivity contribution in [3.8, 4) is 0 Å². The predicted molar refractivity (Wildman–Crippen MR) is 86.7 cm³/mol. The van der Waals surface area contributed by atoms with Gasteiger partial charge in [0.15, 0.2) is 0 Å². The van der Waals surface area contributed by atoms with Crippen LogP contribution in [0.3, 0.4) is 0 Å². The molecule has 3 N–H and O–H groups in total. The van der Waals surface area contributed by atoms with Gasteiger partial charge in [0.2, 0.25) is 5.91 Å². The molecule has 0 aromatic heterocycles. The SMILES string of the molecule is CC(C)CCC1CCCC1NC(C(N)=O)c1ccc(F)cc1. The molecule has 1 aromatic carbocycles. The topological polar surface area (TPSA) is 55.1 Å². The van der Waals surface area contributed by atoms with Crippen LogP contribution < -0.4 is 11.1 Å². The van der Waals surface area contributed by atoms with E-state index in [1.165, 1.54) is 37.8 Å². The van der Waals surface area contributed by atoms with Crippen molar-refractivity contribution in [1.29, 1.82) is 0 Å². The fourth-order valence-electron chi connectivity index (χ4n) is 3.36. The first kappa shape index (κ1) is 16.9. The van der Waals surface area contributed by atoms with Crippen LogP contribution in [0.1, 0.15) is 57.6 Å². The number of primary amides is 1. The molecule has 0 aliphatic heterocycles. The largest absolute Gasteiger partial charge is 0.368 e. The Balaban J connectivity index is 2.04. The van der Waals surface area contributed by atoms with E-state index in [9.17, 15) is 9.18 Å². The van der Waals surface area contributed by atoms with Crippen LogP contribution in [-0.4, -0.2) is 11.9 Å². The molecule has 3 unspecified atom stereocenters. The van der Waals surface area contributed by atoms with Crippen molar-refractivity contribution in [2.24, 2.45) is 17.6 Å². The molecule has 1 aliphatic carbocycles. The smallest absolute Gasteiger partial charge is 0.239 e. The molecule has 0 spiro atoms. The van der Waals surface area contributed by atoms with Crippen LogP contribution in [0, 0.1) is 17.7 Å². The first-order valence-electron chi connectivity index (χ1n) is 8.28. The average molecular weight is 306 g/mol. The lowest BCUT2D eigenvalue weighted by atomic mass is 9.92. The Kier molecular flexibility index (Phi) is 5.95. The van der Waals surface area contributed by atoms with Crippen LogP contribution in [0.25, 0.3) is 0 Å². The third kappa shape index (κ3) is 4.54. The number of hydrogen-bond acceptors (Lipinski definition) is 2. The monoisotopic (exact) mass is 306 g/mol. The van der Waals surface area contributed by atoms with Crippen molar-refractivity contribution in [1.82, 2.24) is 5.32 Å². The maximum atomic E-state index is 13.1. The average Bonchev–Trinajstić information content (AvgIpc) is 2.90. The standard InChI is InChI=1S/C18H27FN2O/c1-12(2)6-7-13-4-3-5-16(13)21-17(18(20)22)14-8-10-15(19)11-9-14/h8-13,16-17,21H,3-7H2,1-2H3,(H2,20,22). The summed E-state index contributed by atoms with van der Waals surface area (Å²) in [6.45, 7) is 4.48. The summed E-state index contributed by atoms with van der Waals surface area (Å²) in [5.74, 6) is 0.596. The Hall–Kier alpha value is -1.42. The van der Waals surface area contributed by atoms with Crippen LogP contribution in [0.5, 0.6) is 0 Å². The van der Waals surface area contributed by atoms with Crippen molar-refractivity contribution in [2.75, 3.05) is 0 Å². The summed E-state index contributed by atoms with van der Waals surface area (Å²) in [6, 6.07) is 5.80. The number of halogens is 1. The van der Waals surface area contributed by atoms with Crippen molar-refractivity contribution < 1.29 is 9.18 Å². The molecule has 3 atom stereocenters. The van der Waals surface area contributed by atoms with Gasteiger partial charge in [0.25, 0.3) is 0 Å². The van der Waals surface area contributed by atoms with Gasteiger partial charge in [-0.3, -0.25) is 10.1 Å². The number of rotatable bonds is 7. The molecule has 122 valence electrons. The Morgan fingerprint density at radius 2 is 2.00 bits per heavy atom. The van der Waals surface area contributed by atoms with Crippen LogP contribution in [-0.2, 0) is 4.79 Å². The van der Waals surface area contributed by atoms with Crippen LogP contribution in [0.4, 0.5) is 4.39 Å². The third-order valence-electron chi connectivity index (χ3n) is 4.64. The van der Waals surface area contributed by atoms with E-state index < -0.39 is 11.9 Å². The zero-order valence-corrected chi connectivity index (χ0v) is 13.5. The maximum Gasteiger partial charge on any atom is 0.239 e. The molecular weight excluding hydrogens is 279 g/mol. The van der Waals surface area contributed by atoms with Gasteiger partial charge in [-0.05, 0) is 48.8 Å². The van der Waals surface area contributed by atoms with Gasteiger partial charge in [-0.2, -0.15) is 0 Å². The fourth-order valence-corrected chi connectivity index (χ4v) is 3.36. The Morgan fingerprint density at radius 3 is 2.59 bits per heavy atom. The summed E-state index contributed by atoms with van der Waals surface area (Å²) in [7, 11) is 0. The van der Waals surface area contributed by atoms with E-state index >= 15 is 0 Å². The van der Waals surface area contributed by atoms with E-state index in [0.717, 1.165) is 12.0 Å². The van der Waals surface area contributed by atoms with Gasteiger partial charge < -0.3 is 5.73 Å². The summed E-state index contributed by atoms with van der Waals surface area (Å²) in [6.07, 6.45) is 5.87. The van der Waals surface area contributed by atoms with Gasteiger partial charge in [-0.25, -0.2) is 4.39 Å². The molecule has 3 nitrogen and oxygen atoms in total. The highest BCUT2D eigenvalue weighted by atomic mass is 19.1. The second-order valence-corrected chi connectivity index (χ2v) is 6.82. The van der Waals surface area contributed by atoms with E-state index in [-0.39, 0.29) is 5.82 Å². The van der Waals surface area contributed by atoms with E-state index in [0.29, 0.717) is 17.9 Å². The molecular formula is C18H27FN2O. The molecule has 22 heavy (non-hydrogen) atoms. The van der Waals surface area contributed by atoms with Gasteiger partial charge >= 0.3 is 0 Å². The number of nitrogens with two attached hydrogens (primary N) is 1. The van der Waals surface area contributed by atoms with Crippen LogP contribution >= 0.6 is 0 Å². The van der Waals surface area contributed by atoms with E-state index in [2.05, 4.69) is 19.2 Å². The normalized spacial score (nSPS) is 22.9. The summed E-state index contributed by atoms with van der Waals surface area (Å²) in [5, 5.41) is 3.43. The highest BCUT2D eigenvalue weighted by Crippen LogP contribution is 2.32. The lowest BCUT2D eigenvalue weighted by molar-refractivity contribution is -0.120. The molecule has 0 radical (unpaired) electrons. The van der Waals surface area contributed by atoms with Gasteiger partial charge in [-0.1, -0.05) is 38.8 Å². The van der Waals surface area contributed by atoms with Crippen LogP contribution in [0.15, 0.2) is 24.3 Å². The summed E-state index contributed by atoms with van der Waals surface area (Å²) >= 11 is 0. The minimum absolute atomic E-state index is 0.303. The lowest BCUT2D eigenvalue weighted by Gasteiger charge is -2.26. The molecule has 1 amide bonds. The summed E-state index contributed by atoms with van der Waals surface area (Å²) in [5.41, 5.74) is 6.30. The van der Waals surface area contributed by atoms with E-state index in [1.807, 2.05) is 0 Å². The first-order chi connectivity index (χ1) is 10.5. The molecule has 1 aromatic rings. The minimum atomic E-state index is -0.537. The third-order valence-corrected chi connectivity index (χ3v) is 4.64. The Labute approximate surface area is 132 Å². The molecule has 1 fully saturated rings. The number of nitrogens with one attached hydrogen (secondary N) is 1. The molecule has 0 saturated heterocycles. The van der Waals surface area contributed by atoms with Gasteiger partial charge in [0.1, 0.15) is 11.9 Å². The second-order valence-electron chi connectivity index (χ2n) is 6.82. The Bertz CT molecular complexity index is 486. The molecule has 4 heteroatoms. The Morgan fingerprint density at radius 1 is 1.32 bits per heavy atom. The van der Waals surface area contributed by atoms with Crippen molar-refractivity contribution in [3.05, 3.63) is 35.6 Å². The quantitative estimate of drug-likeness (QED) is 0.809. The zero-order valence-electron chi connectivity index (χ0n) is 13.5. The van der Waals surface area contributed by atoms with Gasteiger partial charge in [0, 0.05) is 6.04 Å². The highest BCUT2D eigenvalue weighted by molar-refractivity contribution is 5.81. The predicted octanol–water partition coefficient (Wildman–Crippen LogP) is 3.55. The molecule has 2 rings (SSSR count). The lowest BCUT2D eigenvalue weighted by Crippen LogP contribution is -2.41. The number of hydrogen-bond donors (Lipinski definition) is 2. The number of carbonyl (C=O) groups is 1. The van der Waals surface area contributed by atoms with Crippen molar-refractivity contribution >= 4 is 5.91 Å². The van der Waals surface area contributed by atoms with Crippen molar-refractivity contribution in [3.63, 3.8) is 0 Å². The van der Waals surface area contributed by atoms with E-state index in [1.54, 1.807) is 12.1 Å². The van der Waals surface area contributed by atoms with Gasteiger partial charge in [-0.15, -0.1) is 0 Å². The fraction of sp³-hybridized carbons (Fsp3) is 0.611. The highest BCUT2D eigenvalue weighted by Gasteiger charge is 2.31. The summed E-state index contributed by atoms with van der Waals surface area (Å²) in [4.78, 5) is 11.8.